The molecule has 1 aromatic rings. The molecule has 1 rings (SSSR count). The van der Waals surface area contributed by atoms with Gasteiger partial charge in [0, 0.05) is 30.4 Å². The van der Waals surface area contributed by atoms with E-state index < -0.39 is 0 Å². The van der Waals surface area contributed by atoms with Crippen LogP contribution in [-0.4, -0.2) is 22.2 Å². The second-order valence-corrected chi connectivity index (χ2v) is 9.22. The van der Waals surface area contributed by atoms with Crippen LogP contribution in [0.25, 0.3) is 11.1 Å². The fourth-order valence-electron chi connectivity index (χ4n) is 2.31. The van der Waals surface area contributed by atoms with Crippen LogP contribution >= 0.6 is 22.9 Å². The number of aliphatic imine (C=N–C) groups is 1. The lowest BCUT2D eigenvalue weighted by Crippen LogP contribution is -2.18. The van der Waals surface area contributed by atoms with Gasteiger partial charge in [-0.15, -0.1) is 11.3 Å². The van der Waals surface area contributed by atoms with Gasteiger partial charge >= 0.3 is 0 Å². The van der Waals surface area contributed by atoms with Crippen molar-refractivity contribution >= 4 is 39.3 Å². The Morgan fingerprint density at radius 3 is 2.55 bits per heavy atom. The highest BCUT2D eigenvalue weighted by Crippen LogP contribution is 2.37. The van der Waals surface area contributed by atoms with Gasteiger partial charge in [0.15, 0.2) is 0 Å². The van der Waals surface area contributed by atoms with Crippen molar-refractivity contribution < 1.29 is 0 Å². The van der Waals surface area contributed by atoms with Crippen molar-refractivity contribution in [2.45, 2.75) is 52.9 Å². The second-order valence-electron chi connectivity index (χ2n) is 7.67. The molecule has 0 atom stereocenters. The molecule has 0 saturated heterocycles. The highest BCUT2D eigenvalue weighted by Gasteiger charge is 2.23. The van der Waals surface area contributed by atoms with Gasteiger partial charge in [-0.25, -0.2) is 15.8 Å². The maximum absolute atomic E-state index is 5.89. The molecular weight excluding hydrogens is 400 g/mol. The molecule has 158 valence electrons. The molecule has 0 unspecified atom stereocenters. The van der Waals surface area contributed by atoms with Gasteiger partial charge in [-0.1, -0.05) is 70.5 Å². The molecule has 2 N–H and O–H groups in total. The van der Waals surface area contributed by atoms with Crippen LogP contribution in [0.2, 0.25) is 0 Å². The minimum Gasteiger partial charge on any atom is -0.321 e. The highest BCUT2D eigenvalue weighted by molar-refractivity contribution is 7.13. The molecule has 4 nitrogen and oxygen atoms in total. The number of unbranched alkanes of at least 4 members (excludes halogenated alkanes) is 1. The van der Waals surface area contributed by atoms with Crippen molar-refractivity contribution in [2.24, 2.45) is 10.8 Å². The fraction of sp³-hybridized carbons (Fsp3) is 0.391. The average Bonchev–Trinajstić information content (AvgIpc) is 3.06. The van der Waals surface area contributed by atoms with Crippen LogP contribution in [0, 0.1) is 0 Å². The van der Waals surface area contributed by atoms with Crippen LogP contribution in [0.15, 0.2) is 54.4 Å². The van der Waals surface area contributed by atoms with E-state index in [-0.39, 0.29) is 5.41 Å². The van der Waals surface area contributed by atoms with Crippen molar-refractivity contribution in [2.75, 3.05) is 7.05 Å². The van der Waals surface area contributed by atoms with Crippen LogP contribution in [0.3, 0.4) is 0 Å². The smallest absolute Gasteiger partial charge is 0.103 e. The topological polar surface area (TPSA) is 54.5 Å². The summed E-state index contributed by atoms with van der Waals surface area (Å²) in [6.45, 7) is 14.4. The molecule has 0 spiro atoms. The third kappa shape index (κ3) is 8.52. The Labute approximate surface area is 184 Å². The molecular formula is C23H33ClN4S. The minimum absolute atomic E-state index is 0.0538. The molecule has 0 fully saturated rings. The molecule has 1 aromatic heterocycles. The molecule has 0 amide bonds. The van der Waals surface area contributed by atoms with Crippen molar-refractivity contribution in [1.82, 2.24) is 9.99 Å². The normalized spacial score (nSPS) is 14.3. The molecule has 0 aliphatic heterocycles. The van der Waals surface area contributed by atoms with Crippen LogP contribution in [0.4, 0.5) is 0 Å². The summed E-state index contributed by atoms with van der Waals surface area (Å²) in [6, 6.07) is 0. The minimum atomic E-state index is -0.0538. The summed E-state index contributed by atoms with van der Waals surface area (Å²) >= 11 is 7.60. The number of hydrogen-bond acceptors (Lipinski definition) is 5. The van der Waals surface area contributed by atoms with Gasteiger partial charge in [-0.05, 0) is 31.1 Å². The van der Waals surface area contributed by atoms with E-state index in [0.717, 1.165) is 39.6 Å². The molecule has 6 heteroatoms. The van der Waals surface area contributed by atoms with E-state index in [1.54, 1.807) is 37.7 Å². The van der Waals surface area contributed by atoms with Crippen LogP contribution in [0.1, 0.15) is 63.0 Å². The van der Waals surface area contributed by atoms with Gasteiger partial charge < -0.3 is 5.01 Å². The van der Waals surface area contributed by atoms with Crippen molar-refractivity contribution in [1.29, 1.82) is 0 Å². The monoisotopic (exact) mass is 432 g/mol. The molecule has 0 aromatic carbocycles. The van der Waals surface area contributed by atoms with Gasteiger partial charge in [0.25, 0.3) is 0 Å². The number of rotatable bonds is 9. The van der Waals surface area contributed by atoms with E-state index in [1.165, 1.54) is 5.01 Å². The zero-order valence-electron chi connectivity index (χ0n) is 18.4. The van der Waals surface area contributed by atoms with Crippen LogP contribution in [0.5, 0.6) is 0 Å². The number of nitrogens with two attached hydrogens (primary N) is 1. The molecule has 29 heavy (non-hydrogen) atoms. The van der Waals surface area contributed by atoms with Crippen molar-refractivity contribution in [3.8, 4) is 0 Å². The molecule has 0 radical (unpaired) electrons. The first-order valence-corrected chi connectivity index (χ1v) is 10.9. The van der Waals surface area contributed by atoms with E-state index in [0.29, 0.717) is 5.17 Å². The summed E-state index contributed by atoms with van der Waals surface area (Å²) in [5.41, 5.74) is 2.89. The molecule has 0 aliphatic carbocycles. The van der Waals surface area contributed by atoms with E-state index in [1.807, 2.05) is 24.3 Å². The lowest BCUT2D eigenvalue weighted by molar-refractivity contribution is 0.485. The van der Waals surface area contributed by atoms with E-state index >= 15 is 0 Å². The largest absolute Gasteiger partial charge is 0.321 e. The number of hydrogen-bond donors (Lipinski definition) is 1. The molecule has 1 heterocycles. The average molecular weight is 433 g/mol. The summed E-state index contributed by atoms with van der Waals surface area (Å²) in [5, 5.41) is 3.07. The van der Waals surface area contributed by atoms with Gasteiger partial charge in [0.05, 0.1) is 15.6 Å². The van der Waals surface area contributed by atoms with Crippen LogP contribution < -0.4 is 5.84 Å². The molecule has 0 saturated carbocycles. The predicted molar refractivity (Wildman–Crippen MR) is 131 cm³/mol. The SMILES string of the molecule is C=C/C(=C\C=C/N(C)N)c1nc(C(C)(C)C)sc1C(/C=C\N=C(C)Cl)=C\CCC. The van der Waals surface area contributed by atoms with E-state index in [9.17, 15) is 0 Å². The fourth-order valence-corrected chi connectivity index (χ4v) is 3.54. The summed E-state index contributed by atoms with van der Waals surface area (Å²) in [6.07, 6.45) is 15.5. The van der Waals surface area contributed by atoms with Gasteiger partial charge in [-0.2, -0.15) is 0 Å². The van der Waals surface area contributed by atoms with E-state index in [4.69, 9.17) is 22.4 Å². The number of thiazole rings is 1. The summed E-state index contributed by atoms with van der Waals surface area (Å²) in [4.78, 5) is 10.3. The third-order valence-corrected chi connectivity index (χ3v) is 5.41. The Kier molecular flexibility index (Phi) is 10.3. The Morgan fingerprint density at radius 2 is 2.03 bits per heavy atom. The van der Waals surface area contributed by atoms with Gasteiger partial charge in [0.1, 0.15) is 5.17 Å². The number of hydrazine groups is 1. The summed E-state index contributed by atoms with van der Waals surface area (Å²) < 4.78 is 0. The lowest BCUT2D eigenvalue weighted by Gasteiger charge is -2.13. The highest BCUT2D eigenvalue weighted by atomic mass is 35.5. The maximum atomic E-state index is 5.89. The number of halogens is 1. The standard InChI is InChI=1S/C23H33ClN4S/c1-8-10-12-19(14-15-26-17(3)24)21-20(27-22(29-21)23(4,5)6)18(9-2)13-11-16-28(7)25/h9,11-16H,2,8,10,25H2,1,3-7H3/b15-14-,16-11-,18-13+,19-12-,26-17?. The predicted octanol–water partition coefficient (Wildman–Crippen LogP) is 6.68. The Balaban J connectivity index is 3.63. The maximum Gasteiger partial charge on any atom is 0.103 e. The quantitative estimate of drug-likeness (QED) is 0.205. The molecule has 0 aliphatic rings. The Hall–Kier alpha value is -1.95. The van der Waals surface area contributed by atoms with Crippen molar-refractivity contribution in [3.05, 3.63) is 64.9 Å². The Bertz CT molecular complexity index is 830. The second kappa shape index (κ2) is 11.9. The molecule has 0 bridgehead atoms. The number of allylic oxidation sites excluding steroid dienone is 7. The first-order valence-electron chi connectivity index (χ1n) is 9.67. The zero-order chi connectivity index (χ0) is 22.0. The first kappa shape index (κ1) is 25.1. The van der Waals surface area contributed by atoms with Crippen LogP contribution in [-0.2, 0) is 5.41 Å². The van der Waals surface area contributed by atoms with E-state index in [2.05, 4.69) is 45.3 Å². The first-order chi connectivity index (χ1) is 13.6. The number of nitrogens with zero attached hydrogens (tertiary/aromatic N) is 3. The van der Waals surface area contributed by atoms with Gasteiger partial charge in [0.2, 0.25) is 0 Å². The third-order valence-electron chi connectivity index (χ3n) is 3.78. The zero-order valence-corrected chi connectivity index (χ0v) is 19.9. The summed E-state index contributed by atoms with van der Waals surface area (Å²) in [5.74, 6) is 5.67. The number of aromatic nitrogens is 1. The lowest BCUT2D eigenvalue weighted by atomic mass is 9.98. The van der Waals surface area contributed by atoms with Crippen molar-refractivity contribution in [3.63, 3.8) is 0 Å². The van der Waals surface area contributed by atoms with Gasteiger partial charge in [-0.3, -0.25) is 0 Å². The Morgan fingerprint density at radius 1 is 1.34 bits per heavy atom. The summed E-state index contributed by atoms with van der Waals surface area (Å²) in [7, 11) is 1.78.